The normalized spacial score (nSPS) is 17.8. The summed E-state index contributed by atoms with van der Waals surface area (Å²) in [6.07, 6.45) is 2.74. The summed E-state index contributed by atoms with van der Waals surface area (Å²) in [5, 5.41) is 14.3. The molecule has 4 heterocycles. The van der Waals surface area contributed by atoms with Crippen LogP contribution < -0.4 is 5.73 Å². The Morgan fingerprint density at radius 1 is 1.35 bits per heavy atom. The van der Waals surface area contributed by atoms with Crippen molar-refractivity contribution in [3.63, 3.8) is 0 Å². The van der Waals surface area contributed by atoms with E-state index in [1.807, 2.05) is 10.6 Å². The predicted octanol–water partition coefficient (Wildman–Crippen LogP) is 2.39. The van der Waals surface area contributed by atoms with E-state index in [2.05, 4.69) is 27.0 Å². The number of hydrogen-bond acceptors (Lipinski definition) is 6. The second-order valence-electron chi connectivity index (χ2n) is 7.90. The van der Waals surface area contributed by atoms with Crippen LogP contribution in [0, 0.1) is 31.5 Å². The number of halogens is 1. The number of primary amides is 1. The molecule has 2 bridgehead atoms. The van der Waals surface area contributed by atoms with Crippen LogP contribution >= 0.6 is 0 Å². The number of aromatic nitrogens is 4. The third-order valence-electron chi connectivity index (χ3n) is 5.64. The summed E-state index contributed by atoms with van der Waals surface area (Å²) >= 11 is 0. The first-order chi connectivity index (χ1) is 14.7. The fraction of sp³-hybridized carbons (Fsp3) is 0.273. The molecule has 2 aromatic heterocycles. The summed E-state index contributed by atoms with van der Waals surface area (Å²) in [5.41, 5.74) is 7.08. The highest BCUT2D eigenvalue weighted by Gasteiger charge is 2.35. The number of carbonyl (C=O) groups is 1. The van der Waals surface area contributed by atoms with Crippen LogP contribution in [-0.2, 0) is 5.60 Å². The third-order valence-corrected chi connectivity index (χ3v) is 5.64. The van der Waals surface area contributed by atoms with Gasteiger partial charge < -0.3 is 19.9 Å². The largest absolute Gasteiger partial charge is 0.371 e. The van der Waals surface area contributed by atoms with Gasteiger partial charge >= 0.3 is 0 Å². The number of imidazole rings is 1. The van der Waals surface area contributed by atoms with Crippen LogP contribution in [0.1, 0.15) is 58.4 Å². The fourth-order valence-corrected chi connectivity index (χ4v) is 3.99. The Bertz CT molecular complexity index is 1370. The number of rotatable bonds is 2. The minimum atomic E-state index is -1.73. The molecule has 2 aliphatic heterocycles. The first-order valence-corrected chi connectivity index (χ1v) is 9.65. The molecule has 8 nitrogen and oxygen atoms in total. The number of amides is 1. The van der Waals surface area contributed by atoms with Crippen LogP contribution in [0.2, 0.25) is 0 Å². The number of nitrogens with two attached hydrogens (primary N) is 1. The molecule has 6 rings (SSSR count). The van der Waals surface area contributed by atoms with E-state index in [-0.39, 0.29) is 29.0 Å². The van der Waals surface area contributed by atoms with Crippen LogP contribution in [-0.4, -0.2) is 30.7 Å². The molecule has 9 heteroatoms. The zero-order valence-electron chi connectivity index (χ0n) is 17.0. The minimum absolute atomic E-state index is 0.00378. The van der Waals surface area contributed by atoms with Crippen molar-refractivity contribution in [2.45, 2.75) is 38.8 Å². The van der Waals surface area contributed by atoms with Crippen LogP contribution in [0.15, 0.2) is 22.7 Å². The van der Waals surface area contributed by atoms with Gasteiger partial charge in [0, 0.05) is 18.2 Å². The summed E-state index contributed by atoms with van der Waals surface area (Å²) in [6, 6.07) is 3.04. The minimum Gasteiger partial charge on any atom is -0.371 e. The van der Waals surface area contributed by atoms with Crippen molar-refractivity contribution in [2.75, 3.05) is 0 Å². The molecule has 1 aliphatic carbocycles. The molecule has 1 unspecified atom stereocenters. The lowest BCUT2D eigenvalue weighted by molar-refractivity contribution is 0.0995. The van der Waals surface area contributed by atoms with E-state index in [0.717, 1.165) is 5.57 Å². The van der Waals surface area contributed by atoms with Crippen LogP contribution in [0.5, 0.6) is 0 Å². The van der Waals surface area contributed by atoms with Crippen molar-refractivity contribution < 1.29 is 18.8 Å². The Morgan fingerprint density at radius 2 is 2.10 bits per heavy atom. The molecule has 0 saturated carbocycles. The molecule has 156 valence electrons. The Labute approximate surface area is 176 Å². The maximum absolute atomic E-state index is 14.9. The lowest BCUT2D eigenvalue weighted by atomic mass is 9.86. The van der Waals surface area contributed by atoms with E-state index in [4.69, 9.17) is 10.3 Å². The van der Waals surface area contributed by atoms with Gasteiger partial charge in [0.15, 0.2) is 5.60 Å². The Kier molecular flexibility index (Phi) is 3.94. The van der Waals surface area contributed by atoms with Gasteiger partial charge in [0.25, 0.3) is 5.91 Å². The molecule has 3 aliphatic rings. The van der Waals surface area contributed by atoms with E-state index in [1.54, 1.807) is 19.9 Å². The van der Waals surface area contributed by atoms with Crippen LogP contribution in [0.25, 0.3) is 17.0 Å². The van der Waals surface area contributed by atoms with Crippen LogP contribution in [0.3, 0.4) is 0 Å². The van der Waals surface area contributed by atoms with E-state index < -0.39 is 17.3 Å². The number of allylic oxidation sites excluding steroid dienone is 2. The van der Waals surface area contributed by atoms with Gasteiger partial charge in [-0.25, -0.2) is 9.37 Å². The zero-order valence-corrected chi connectivity index (χ0v) is 17.0. The van der Waals surface area contributed by atoms with E-state index in [0.29, 0.717) is 29.1 Å². The quantitative estimate of drug-likeness (QED) is 0.616. The molecular formula is C22H18FN5O3. The lowest BCUT2D eigenvalue weighted by Gasteiger charge is -2.25. The SMILES string of the molecule is Cc1nc([C@](C)(O)C#Cc2cc3c(cc2F)C2=CC(C2)n2c-3nc(C(N)=O)c2C)no1. The summed E-state index contributed by atoms with van der Waals surface area (Å²) in [5.74, 6) is 4.99. The Hall–Kier alpha value is -3.77. The molecular weight excluding hydrogens is 401 g/mol. The molecule has 0 radical (unpaired) electrons. The van der Waals surface area contributed by atoms with Crippen molar-refractivity contribution in [2.24, 2.45) is 5.73 Å². The molecule has 0 fully saturated rings. The maximum Gasteiger partial charge on any atom is 0.269 e. The van der Waals surface area contributed by atoms with Crippen molar-refractivity contribution in [3.05, 3.63) is 58.3 Å². The zero-order chi connectivity index (χ0) is 22.1. The van der Waals surface area contributed by atoms with Gasteiger partial charge in [-0.3, -0.25) is 4.79 Å². The van der Waals surface area contributed by atoms with Crippen LogP contribution in [0.4, 0.5) is 4.39 Å². The molecule has 3 aromatic rings. The third kappa shape index (κ3) is 2.87. The number of benzene rings is 1. The highest BCUT2D eigenvalue weighted by Crippen LogP contribution is 2.48. The summed E-state index contributed by atoms with van der Waals surface area (Å²) in [7, 11) is 0. The molecule has 1 aromatic carbocycles. The van der Waals surface area contributed by atoms with Gasteiger partial charge in [0.05, 0.1) is 11.6 Å². The number of carbonyl (C=O) groups excluding carboxylic acids is 1. The molecule has 3 N–H and O–H groups in total. The molecule has 0 saturated heterocycles. The highest BCUT2D eigenvalue weighted by molar-refractivity contribution is 5.94. The number of hydrogen-bond donors (Lipinski definition) is 2. The predicted molar refractivity (Wildman–Crippen MR) is 108 cm³/mol. The van der Waals surface area contributed by atoms with Gasteiger partial charge in [-0.1, -0.05) is 23.1 Å². The second-order valence-corrected chi connectivity index (χ2v) is 7.90. The van der Waals surface area contributed by atoms with E-state index in [1.165, 1.54) is 13.0 Å². The average Bonchev–Trinajstić information content (AvgIpc) is 3.18. The number of aryl methyl sites for hydroxylation is 1. The average molecular weight is 419 g/mol. The number of aliphatic hydroxyl groups is 1. The van der Waals surface area contributed by atoms with Crippen molar-refractivity contribution >= 4 is 11.5 Å². The maximum atomic E-state index is 14.9. The summed E-state index contributed by atoms with van der Waals surface area (Å²) in [6.45, 7) is 4.79. The standard InChI is InChI=1S/C22H18FN5O3/c1-10-18(19(24)29)26-20-16-8-12(4-5-22(3,30)21-25-11(2)31-27-21)17(23)9-15(16)13-6-14(7-13)28(10)20/h6,8-9,14,30H,7H2,1-3H3,(H2,24,29)/t14?,22-/m1/s1. The smallest absolute Gasteiger partial charge is 0.269 e. The Balaban J connectivity index is 1.65. The highest BCUT2D eigenvalue weighted by atomic mass is 19.1. The van der Waals surface area contributed by atoms with Crippen molar-refractivity contribution in [3.8, 4) is 23.2 Å². The van der Waals surface area contributed by atoms with Gasteiger partial charge in [-0.15, -0.1) is 0 Å². The summed E-state index contributed by atoms with van der Waals surface area (Å²) < 4.78 is 21.7. The molecule has 1 amide bonds. The molecule has 31 heavy (non-hydrogen) atoms. The van der Waals surface area contributed by atoms with Crippen molar-refractivity contribution in [1.82, 2.24) is 19.7 Å². The van der Waals surface area contributed by atoms with Gasteiger partial charge in [0.1, 0.15) is 17.3 Å². The monoisotopic (exact) mass is 419 g/mol. The van der Waals surface area contributed by atoms with Gasteiger partial charge in [-0.05, 0) is 43.5 Å². The van der Waals surface area contributed by atoms with Gasteiger partial charge in [0.2, 0.25) is 11.7 Å². The first kappa shape index (κ1) is 19.2. The number of nitrogens with zero attached hydrogens (tertiary/aromatic N) is 4. The lowest BCUT2D eigenvalue weighted by Crippen LogP contribution is -2.20. The first-order valence-electron chi connectivity index (χ1n) is 9.65. The summed E-state index contributed by atoms with van der Waals surface area (Å²) in [4.78, 5) is 20.3. The van der Waals surface area contributed by atoms with E-state index >= 15 is 0 Å². The topological polar surface area (TPSA) is 120 Å². The molecule has 2 atom stereocenters. The fourth-order valence-electron chi connectivity index (χ4n) is 3.99. The van der Waals surface area contributed by atoms with Crippen molar-refractivity contribution in [1.29, 1.82) is 0 Å². The Morgan fingerprint density at radius 3 is 2.74 bits per heavy atom. The van der Waals surface area contributed by atoms with E-state index in [9.17, 15) is 14.3 Å². The molecule has 0 spiro atoms. The second kappa shape index (κ2) is 6.36. The van der Waals surface area contributed by atoms with Gasteiger partial charge in [-0.2, -0.15) is 4.98 Å².